The molecule has 0 radical (unpaired) electrons. The molecule has 100 valence electrons. The van der Waals surface area contributed by atoms with Crippen LogP contribution in [0.5, 0.6) is 0 Å². The molecular formula is C14H21ClN2O. The Morgan fingerprint density at radius 1 is 1.44 bits per heavy atom. The Balaban J connectivity index is 2.53. The van der Waals surface area contributed by atoms with Gasteiger partial charge in [0.15, 0.2) is 0 Å². The molecule has 0 bridgehead atoms. The van der Waals surface area contributed by atoms with Gasteiger partial charge in [0.2, 0.25) is 0 Å². The predicted molar refractivity (Wildman–Crippen MR) is 77.7 cm³/mol. The molecule has 1 aromatic rings. The number of nitrogens with zero attached hydrogens (tertiary/aromatic N) is 1. The van der Waals surface area contributed by atoms with Gasteiger partial charge in [-0.25, -0.2) is 0 Å². The van der Waals surface area contributed by atoms with E-state index in [1.54, 1.807) is 0 Å². The van der Waals surface area contributed by atoms with Crippen molar-refractivity contribution in [3.63, 3.8) is 0 Å². The van der Waals surface area contributed by atoms with Crippen molar-refractivity contribution in [2.75, 3.05) is 25.5 Å². The lowest BCUT2D eigenvalue weighted by atomic mass is 10.1. The average Bonchev–Trinajstić information content (AvgIpc) is 2.38. The maximum Gasteiger partial charge on any atom is 0.251 e. The third-order valence-corrected chi connectivity index (χ3v) is 3.34. The van der Waals surface area contributed by atoms with Gasteiger partial charge < -0.3 is 10.2 Å². The number of amides is 1. The summed E-state index contributed by atoms with van der Waals surface area (Å²) >= 11 is 6.00. The molecule has 1 N–H and O–H groups in total. The molecule has 18 heavy (non-hydrogen) atoms. The van der Waals surface area contributed by atoms with E-state index in [2.05, 4.69) is 5.32 Å². The molecule has 0 aromatic heterocycles. The summed E-state index contributed by atoms with van der Waals surface area (Å²) in [6.45, 7) is 2.66. The fraction of sp³-hybridized carbons (Fsp3) is 0.500. The second-order valence-electron chi connectivity index (χ2n) is 4.49. The van der Waals surface area contributed by atoms with E-state index in [1.165, 1.54) is 0 Å². The topological polar surface area (TPSA) is 32.3 Å². The minimum Gasteiger partial charge on any atom is -0.378 e. The van der Waals surface area contributed by atoms with Crippen LogP contribution in [0.1, 0.15) is 30.1 Å². The van der Waals surface area contributed by atoms with E-state index < -0.39 is 0 Å². The summed E-state index contributed by atoms with van der Waals surface area (Å²) in [5.74, 6) is -0.0429. The standard InChI is InChI=1S/C14H21ClN2O/c1-4-12(15)8-9-16-14(18)11-6-5-7-13(10-11)17(2)3/h5-7,10,12H,4,8-9H2,1-3H3,(H,16,18). The molecule has 1 atom stereocenters. The van der Waals surface area contributed by atoms with Crippen LogP contribution in [0.25, 0.3) is 0 Å². The van der Waals surface area contributed by atoms with Crippen LogP contribution >= 0.6 is 11.6 Å². The second kappa shape index (κ2) is 7.27. The lowest BCUT2D eigenvalue weighted by Crippen LogP contribution is -2.26. The maximum atomic E-state index is 11.9. The van der Waals surface area contributed by atoms with Crippen molar-refractivity contribution in [3.05, 3.63) is 29.8 Å². The number of anilines is 1. The zero-order valence-electron chi connectivity index (χ0n) is 11.2. The summed E-state index contributed by atoms with van der Waals surface area (Å²) in [5.41, 5.74) is 1.70. The number of hydrogen-bond donors (Lipinski definition) is 1. The SMILES string of the molecule is CCC(Cl)CCNC(=O)c1cccc(N(C)C)c1. The van der Waals surface area contributed by atoms with E-state index in [4.69, 9.17) is 11.6 Å². The third kappa shape index (κ3) is 4.57. The van der Waals surface area contributed by atoms with Gasteiger partial charge in [-0.15, -0.1) is 11.6 Å². The first-order valence-corrected chi connectivity index (χ1v) is 6.68. The third-order valence-electron chi connectivity index (χ3n) is 2.81. The molecule has 1 unspecified atom stereocenters. The zero-order chi connectivity index (χ0) is 13.5. The van der Waals surface area contributed by atoms with Gasteiger partial charge >= 0.3 is 0 Å². The molecule has 0 aliphatic rings. The molecule has 0 fully saturated rings. The number of benzene rings is 1. The van der Waals surface area contributed by atoms with Gasteiger partial charge in [-0.1, -0.05) is 13.0 Å². The number of carbonyl (C=O) groups excluding carboxylic acids is 1. The quantitative estimate of drug-likeness (QED) is 0.805. The number of rotatable bonds is 6. The van der Waals surface area contributed by atoms with E-state index in [-0.39, 0.29) is 11.3 Å². The van der Waals surface area contributed by atoms with Crippen molar-refractivity contribution in [3.8, 4) is 0 Å². The highest BCUT2D eigenvalue weighted by Gasteiger charge is 2.07. The van der Waals surface area contributed by atoms with Crippen LogP contribution in [-0.2, 0) is 0 Å². The fourth-order valence-electron chi connectivity index (χ4n) is 1.57. The minimum atomic E-state index is -0.0429. The van der Waals surface area contributed by atoms with Gasteiger partial charge in [-0.05, 0) is 31.0 Å². The minimum absolute atomic E-state index is 0.0429. The van der Waals surface area contributed by atoms with Gasteiger partial charge in [0.1, 0.15) is 0 Å². The smallest absolute Gasteiger partial charge is 0.251 e. The Bertz CT molecular complexity index is 393. The first-order valence-electron chi connectivity index (χ1n) is 6.24. The number of carbonyl (C=O) groups is 1. The molecule has 4 heteroatoms. The Kier molecular flexibility index (Phi) is 5.99. The zero-order valence-corrected chi connectivity index (χ0v) is 12.0. The molecular weight excluding hydrogens is 248 g/mol. The Hall–Kier alpha value is -1.22. The number of hydrogen-bond acceptors (Lipinski definition) is 2. The summed E-state index contributed by atoms with van der Waals surface area (Å²) in [5, 5.41) is 3.03. The Labute approximate surface area is 114 Å². The molecule has 1 aromatic carbocycles. The van der Waals surface area contributed by atoms with Crippen molar-refractivity contribution in [2.45, 2.75) is 25.1 Å². The van der Waals surface area contributed by atoms with Gasteiger partial charge in [-0.3, -0.25) is 4.79 Å². The average molecular weight is 269 g/mol. The van der Waals surface area contributed by atoms with Crippen molar-refractivity contribution in [1.82, 2.24) is 5.32 Å². The van der Waals surface area contributed by atoms with Crippen molar-refractivity contribution in [2.24, 2.45) is 0 Å². The van der Waals surface area contributed by atoms with Crippen LogP contribution in [0.15, 0.2) is 24.3 Å². The second-order valence-corrected chi connectivity index (χ2v) is 5.11. The highest BCUT2D eigenvalue weighted by atomic mass is 35.5. The van der Waals surface area contributed by atoms with E-state index in [9.17, 15) is 4.79 Å². The highest BCUT2D eigenvalue weighted by molar-refractivity contribution is 6.20. The first-order chi connectivity index (χ1) is 8.54. The van der Waals surface area contributed by atoms with Gasteiger partial charge in [0, 0.05) is 37.3 Å². The van der Waals surface area contributed by atoms with E-state index in [0.717, 1.165) is 18.5 Å². The van der Waals surface area contributed by atoms with Crippen LogP contribution in [-0.4, -0.2) is 31.9 Å². The van der Waals surface area contributed by atoms with Crippen LogP contribution < -0.4 is 10.2 Å². The molecule has 0 heterocycles. The van der Waals surface area contributed by atoms with Gasteiger partial charge in [-0.2, -0.15) is 0 Å². The van der Waals surface area contributed by atoms with Crippen molar-refractivity contribution in [1.29, 1.82) is 0 Å². The molecule has 0 saturated heterocycles. The highest BCUT2D eigenvalue weighted by Crippen LogP contribution is 2.13. The number of nitrogens with one attached hydrogen (secondary N) is 1. The molecule has 0 aliphatic heterocycles. The Morgan fingerprint density at radius 2 is 2.17 bits per heavy atom. The fourth-order valence-corrected chi connectivity index (χ4v) is 1.68. The van der Waals surface area contributed by atoms with E-state index in [0.29, 0.717) is 12.1 Å². The van der Waals surface area contributed by atoms with Crippen LogP contribution in [0.2, 0.25) is 0 Å². The normalized spacial score (nSPS) is 12.0. The van der Waals surface area contributed by atoms with Gasteiger partial charge in [0.05, 0.1) is 0 Å². The van der Waals surface area contributed by atoms with E-state index >= 15 is 0 Å². The summed E-state index contributed by atoms with van der Waals surface area (Å²) in [6, 6.07) is 7.57. The molecule has 1 amide bonds. The van der Waals surface area contributed by atoms with Crippen LogP contribution in [0.3, 0.4) is 0 Å². The van der Waals surface area contributed by atoms with Crippen LogP contribution in [0, 0.1) is 0 Å². The largest absolute Gasteiger partial charge is 0.378 e. The maximum absolute atomic E-state index is 11.9. The van der Waals surface area contributed by atoms with Crippen molar-refractivity contribution < 1.29 is 4.79 Å². The molecule has 0 spiro atoms. The van der Waals surface area contributed by atoms with Crippen molar-refractivity contribution >= 4 is 23.2 Å². The Morgan fingerprint density at radius 3 is 2.78 bits per heavy atom. The molecule has 0 aliphatic carbocycles. The van der Waals surface area contributed by atoms with E-state index in [1.807, 2.05) is 50.2 Å². The first kappa shape index (κ1) is 14.8. The molecule has 0 saturated carbocycles. The molecule has 1 rings (SSSR count). The lowest BCUT2D eigenvalue weighted by molar-refractivity contribution is 0.0953. The predicted octanol–water partition coefficient (Wildman–Crippen LogP) is 2.89. The summed E-state index contributed by atoms with van der Waals surface area (Å²) in [6.07, 6.45) is 1.73. The van der Waals surface area contributed by atoms with Crippen LogP contribution in [0.4, 0.5) is 5.69 Å². The monoisotopic (exact) mass is 268 g/mol. The summed E-state index contributed by atoms with van der Waals surface area (Å²) in [7, 11) is 3.91. The molecule has 3 nitrogen and oxygen atoms in total. The summed E-state index contributed by atoms with van der Waals surface area (Å²) < 4.78 is 0. The number of halogens is 1. The van der Waals surface area contributed by atoms with Gasteiger partial charge in [0.25, 0.3) is 5.91 Å². The summed E-state index contributed by atoms with van der Waals surface area (Å²) in [4.78, 5) is 13.9. The lowest BCUT2D eigenvalue weighted by Gasteiger charge is -2.13. The number of alkyl halides is 1.